The van der Waals surface area contributed by atoms with Gasteiger partial charge in [0.05, 0.1) is 23.1 Å². The number of allylic oxidation sites excluding steroid dienone is 2. The van der Waals surface area contributed by atoms with E-state index in [0.717, 1.165) is 9.37 Å². The standard InChI is InChI=1S/C23H18BrNO5/c24-15-11-9-14(10-12-15)20(26)13-30-23(29)18-7-3-4-8-19(18)25-21(27)16-5-1-2-6-17(16)22(25)28/h1-4,7-12,16-17H,5-6,13H2. The highest BCUT2D eigenvalue weighted by molar-refractivity contribution is 9.10. The lowest BCUT2D eigenvalue weighted by atomic mass is 9.85. The van der Waals surface area contributed by atoms with Gasteiger partial charge in [0, 0.05) is 10.0 Å². The van der Waals surface area contributed by atoms with Crippen molar-refractivity contribution in [2.45, 2.75) is 12.8 Å². The summed E-state index contributed by atoms with van der Waals surface area (Å²) < 4.78 is 6.04. The van der Waals surface area contributed by atoms with Crippen LogP contribution in [-0.4, -0.2) is 30.2 Å². The highest BCUT2D eigenvalue weighted by atomic mass is 79.9. The van der Waals surface area contributed by atoms with E-state index in [1.807, 2.05) is 12.2 Å². The van der Waals surface area contributed by atoms with Crippen LogP contribution in [-0.2, 0) is 14.3 Å². The molecule has 2 atom stereocenters. The van der Waals surface area contributed by atoms with E-state index < -0.39 is 24.4 Å². The third-order valence-electron chi connectivity index (χ3n) is 5.37. The van der Waals surface area contributed by atoms with Crippen LogP contribution in [0.4, 0.5) is 5.69 Å². The molecule has 30 heavy (non-hydrogen) atoms. The van der Waals surface area contributed by atoms with Gasteiger partial charge < -0.3 is 4.74 Å². The second kappa shape index (κ2) is 8.36. The highest BCUT2D eigenvalue weighted by Gasteiger charge is 2.48. The lowest BCUT2D eigenvalue weighted by Crippen LogP contribution is -2.32. The second-order valence-electron chi connectivity index (χ2n) is 7.19. The van der Waals surface area contributed by atoms with Crippen molar-refractivity contribution in [3.63, 3.8) is 0 Å². The molecule has 1 heterocycles. The Morgan fingerprint density at radius 1 is 0.933 bits per heavy atom. The Kier molecular flexibility index (Phi) is 5.63. The molecule has 7 heteroatoms. The highest BCUT2D eigenvalue weighted by Crippen LogP contribution is 2.38. The first-order valence-corrected chi connectivity index (χ1v) is 10.3. The van der Waals surface area contributed by atoms with Crippen molar-refractivity contribution in [3.05, 3.63) is 76.3 Å². The molecular formula is C23H18BrNO5. The molecule has 2 aromatic rings. The molecule has 0 bridgehead atoms. The molecule has 152 valence electrons. The van der Waals surface area contributed by atoms with Crippen LogP contribution in [0.3, 0.4) is 0 Å². The number of hydrogen-bond donors (Lipinski definition) is 0. The molecule has 6 nitrogen and oxygen atoms in total. The summed E-state index contributed by atoms with van der Waals surface area (Å²) in [5.74, 6) is -2.51. The number of imide groups is 1. The quantitative estimate of drug-likeness (QED) is 0.288. The molecule has 0 radical (unpaired) electrons. The minimum Gasteiger partial charge on any atom is -0.454 e. The zero-order chi connectivity index (χ0) is 21.3. The van der Waals surface area contributed by atoms with Crippen LogP contribution in [0.1, 0.15) is 33.6 Å². The molecule has 0 aromatic heterocycles. The van der Waals surface area contributed by atoms with E-state index in [9.17, 15) is 19.2 Å². The third-order valence-corrected chi connectivity index (χ3v) is 5.90. The van der Waals surface area contributed by atoms with Crippen LogP contribution in [0.25, 0.3) is 0 Å². The van der Waals surface area contributed by atoms with Gasteiger partial charge in [-0.05, 0) is 37.1 Å². The van der Waals surface area contributed by atoms with Crippen molar-refractivity contribution < 1.29 is 23.9 Å². The first kappa shape index (κ1) is 20.2. The molecule has 0 saturated carbocycles. The summed E-state index contributed by atoms with van der Waals surface area (Å²) in [6.45, 7) is -0.439. The summed E-state index contributed by atoms with van der Waals surface area (Å²) >= 11 is 3.30. The number of anilines is 1. The number of benzene rings is 2. The van der Waals surface area contributed by atoms with Gasteiger partial charge in [-0.2, -0.15) is 0 Å². The fraction of sp³-hybridized carbons (Fsp3) is 0.217. The Morgan fingerprint density at radius 2 is 1.53 bits per heavy atom. The van der Waals surface area contributed by atoms with Gasteiger partial charge in [-0.3, -0.25) is 14.4 Å². The van der Waals surface area contributed by atoms with Gasteiger partial charge in [-0.1, -0.05) is 52.3 Å². The van der Waals surface area contributed by atoms with Gasteiger partial charge in [0.1, 0.15) is 0 Å². The molecule has 0 spiro atoms. The first-order valence-electron chi connectivity index (χ1n) is 9.55. The number of hydrogen-bond acceptors (Lipinski definition) is 5. The number of esters is 1. The number of carbonyl (C=O) groups excluding carboxylic acids is 4. The Labute approximate surface area is 181 Å². The van der Waals surface area contributed by atoms with E-state index in [2.05, 4.69) is 15.9 Å². The number of rotatable bonds is 5. The zero-order valence-electron chi connectivity index (χ0n) is 15.9. The van der Waals surface area contributed by atoms with Crippen LogP contribution in [0.5, 0.6) is 0 Å². The molecule has 1 aliphatic heterocycles. The first-order chi connectivity index (χ1) is 14.5. The monoisotopic (exact) mass is 467 g/mol. The molecule has 2 aliphatic rings. The Bertz CT molecular complexity index is 1030. The lowest BCUT2D eigenvalue weighted by Gasteiger charge is -2.18. The van der Waals surface area contributed by atoms with E-state index in [0.29, 0.717) is 18.4 Å². The number of amides is 2. The minimum absolute atomic E-state index is 0.0782. The maximum atomic E-state index is 12.9. The van der Waals surface area contributed by atoms with E-state index in [1.54, 1.807) is 42.5 Å². The number of carbonyl (C=O) groups is 4. The number of halogens is 1. The number of nitrogens with zero attached hydrogens (tertiary/aromatic N) is 1. The van der Waals surface area contributed by atoms with Crippen LogP contribution >= 0.6 is 15.9 Å². The number of ketones is 1. The molecule has 1 fully saturated rings. The van der Waals surface area contributed by atoms with Gasteiger partial charge >= 0.3 is 5.97 Å². The van der Waals surface area contributed by atoms with Crippen molar-refractivity contribution >= 4 is 45.2 Å². The Morgan fingerprint density at radius 3 is 2.17 bits per heavy atom. The maximum Gasteiger partial charge on any atom is 0.340 e. The SMILES string of the molecule is O=C(COC(=O)c1ccccc1N1C(=O)C2CC=CCC2C1=O)c1ccc(Br)cc1. The molecule has 2 unspecified atom stereocenters. The summed E-state index contributed by atoms with van der Waals surface area (Å²) in [4.78, 5) is 51.8. The Hall–Kier alpha value is -3.06. The topological polar surface area (TPSA) is 80.8 Å². The summed E-state index contributed by atoms with van der Waals surface area (Å²) in [7, 11) is 0. The zero-order valence-corrected chi connectivity index (χ0v) is 17.5. The van der Waals surface area contributed by atoms with Crippen molar-refractivity contribution in [1.29, 1.82) is 0 Å². The molecule has 1 aliphatic carbocycles. The van der Waals surface area contributed by atoms with Gasteiger partial charge in [-0.25, -0.2) is 9.69 Å². The summed E-state index contributed by atoms with van der Waals surface area (Å²) in [6.07, 6.45) is 4.84. The van der Waals surface area contributed by atoms with Crippen LogP contribution in [0, 0.1) is 11.8 Å². The van der Waals surface area contributed by atoms with Crippen LogP contribution in [0.2, 0.25) is 0 Å². The van der Waals surface area contributed by atoms with E-state index in [4.69, 9.17) is 4.74 Å². The van der Waals surface area contributed by atoms with Gasteiger partial charge in [0.15, 0.2) is 12.4 Å². The number of Topliss-reactive ketones (excluding diaryl/α,β-unsaturated/α-hetero) is 1. The normalized spacial score (nSPS) is 20.2. The van der Waals surface area contributed by atoms with Gasteiger partial charge in [-0.15, -0.1) is 0 Å². The predicted octanol–water partition coefficient (Wildman–Crippen LogP) is 3.94. The predicted molar refractivity (Wildman–Crippen MR) is 113 cm³/mol. The molecule has 1 saturated heterocycles. The fourth-order valence-electron chi connectivity index (χ4n) is 3.81. The smallest absolute Gasteiger partial charge is 0.340 e. The molecular weight excluding hydrogens is 450 g/mol. The van der Waals surface area contributed by atoms with Crippen molar-refractivity contribution in [2.75, 3.05) is 11.5 Å². The van der Waals surface area contributed by atoms with Crippen molar-refractivity contribution in [1.82, 2.24) is 0 Å². The minimum atomic E-state index is -0.760. The summed E-state index contributed by atoms with van der Waals surface area (Å²) in [6, 6.07) is 13.0. The van der Waals surface area contributed by atoms with E-state index in [-0.39, 0.29) is 28.8 Å². The summed E-state index contributed by atoms with van der Waals surface area (Å²) in [5, 5.41) is 0. The van der Waals surface area contributed by atoms with Crippen molar-refractivity contribution in [2.24, 2.45) is 11.8 Å². The summed E-state index contributed by atoms with van der Waals surface area (Å²) in [5.41, 5.74) is 0.693. The van der Waals surface area contributed by atoms with E-state index in [1.165, 1.54) is 6.07 Å². The molecule has 4 rings (SSSR count). The van der Waals surface area contributed by atoms with Crippen molar-refractivity contribution in [3.8, 4) is 0 Å². The van der Waals surface area contributed by atoms with Crippen LogP contribution in [0.15, 0.2) is 65.2 Å². The average Bonchev–Trinajstić information content (AvgIpc) is 3.02. The molecule has 2 aromatic carbocycles. The fourth-order valence-corrected chi connectivity index (χ4v) is 4.07. The number of ether oxygens (including phenoxy) is 1. The number of para-hydroxylation sites is 1. The third kappa shape index (κ3) is 3.73. The van der Waals surface area contributed by atoms with E-state index >= 15 is 0 Å². The van der Waals surface area contributed by atoms with Gasteiger partial charge in [0.2, 0.25) is 11.8 Å². The average molecular weight is 468 g/mol. The molecule has 0 N–H and O–H groups in total. The largest absolute Gasteiger partial charge is 0.454 e. The lowest BCUT2D eigenvalue weighted by molar-refractivity contribution is -0.122. The van der Waals surface area contributed by atoms with Crippen LogP contribution < -0.4 is 4.90 Å². The maximum absolute atomic E-state index is 12.9. The molecule has 2 amide bonds. The second-order valence-corrected chi connectivity index (χ2v) is 8.11. The Balaban J connectivity index is 1.52. The number of fused-ring (bicyclic) bond motifs is 1. The van der Waals surface area contributed by atoms with Gasteiger partial charge in [0.25, 0.3) is 0 Å².